The normalized spacial score (nSPS) is 11.0. The number of likely N-dealkylation sites (N-methyl/N-ethyl adjacent to an activating group) is 1. The summed E-state index contributed by atoms with van der Waals surface area (Å²) in [5.74, 6) is 1.70. The minimum atomic E-state index is 0. The molecule has 0 atom stereocenters. The van der Waals surface area contributed by atoms with E-state index in [2.05, 4.69) is 47.9 Å². The number of benzene rings is 1. The molecule has 1 aromatic carbocycles. The standard InChI is InChI=1S/C19H32N4O.HI/c1-5-15-24-18-12-10-9-11-17(18)16-22-19(20-6-2)21-13-14-23(7-3)8-4;/h5,9-12H,1,6-8,13-16H2,2-4H3,(H2,20,21,22);1H. The Bertz CT molecular complexity index is 504. The van der Waals surface area contributed by atoms with Gasteiger partial charge < -0.3 is 20.3 Å². The Hall–Kier alpha value is -1.28. The SMILES string of the molecule is C=CCOc1ccccc1CN=C(NCC)NCCN(CC)CC.I. The molecule has 25 heavy (non-hydrogen) atoms. The summed E-state index contributed by atoms with van der Waals surface area (Å²) in [6, 6.07) is 7.99. The number of guanidine groups is 1. The Morgan fingerprint density at radius 1 is 1.20 bits per heavy atom. The number of para-hydroxylation sites is 1. The van der Waals surface area contributed by atoms with Crippen molar-refractivity contribution in [3.8, 4) is 5.75 Å². The molecule has 0 unspecified atom stereocenters. The van der Waals surface area contributed by atoms with Crippen LogP contribution in [0, 0.1) is 0 Å². The molecule has 0 saturated carbocycles. The molecule has 0 bridgehead atoms. The van der Waals surface area contributed by atoms with Crippen LogP contribution in [-0.4, -0.2) is 50.2 Å². The maximum atomic E-state index is 5.69. The van der Waals surface area contributed by atoms with Crippen LogP contribution in [0.1, 0.15) is 26.3 Å². The molecule has 1 rings (SSSR count). The molecule has 5 nitrogen and oxygen atoms in total. The molecule has 1 aromatic rings. The zero-order valence-corrected chi connectivity index (χ0v) is 18.1. The highest BCUT2D eigenvalue weighted by atomic mass is 127. The first-order valence-corrected chi connectivity index (χ1v) is 8.81. The van der Waals surface area contributed by atoms with E-state index in [1.807, 2.05) is 24.3 Å². The highest BCUT2D eigenvalue weighted by molar-refractivity contribution is 14.0. The van der Waals surface area contributed by atoms with Gasteiger partial charge >= 0.3 is 0 Å². The highest BCUT2D eigenvalue weighted by Gasteiger charge is 2.04. The number of hydrogen-bond acceptors (Lipinski definition) is 3. The van der Waals surface area contributed by atoms with Gasteiger partial charge in [-0.25, -0.2) is 4.99 Å². The number of hydrogen-bond donors (Lipinski definition) is 2. The molecule has 6 heteroatoms. The lowest BCUT2D eigenvalue weighted by atomic mass is 10.2. The highest BCUT2D eigenvalue weighted by Crippen LogP contribution is 2.18. The Kier molecular flexibility index (Phi) is 14.2. The van der Waals surface area contributed by atoms with E-state index in [9.17, 15) is 0 Å². The smallest absolute Gasteiger partial charge is 0.191 e. The number of ether oxygens (including phenoxy) is 1. The van der Waals surface area contributed by atoms with Gasteiger partial charge in [0.05, 0.1) is 6.54 Å². The first-order valence-electron chi connectivity index (χ1n) is 8.81. The second-order valence-corrected chi connectivity index (χ2v) is 5.36. The number of nitrogens with zero attached hydrogens (tertiary/aromatic N) is 2. The van der Waals surface area contributed by atoms with Gasteiger partial charge in [-0.15, -0.1) is 24.0 Å². The van der Waals surface area contributed by atoms with Crippen molar-refractivity contribution in [2.45, 2.75) is 27.3 Å². The monoisotopic (exact) mass is 460 g/mol. The van der Waals surface area contributed by atoms with Crippen molar-refractivity contribution < 1.29 is 4.74 Å². The van der Waals surface area contributed by atoms with Crippen molar-refractivity contribution >= 4 is 29.9 Å². The third-order valence-corrected chi connectivity index (χ3v) is 3.70. The Labute approximate surface area is 169 Å². The summed E-state index contributed by atoms with van der Waals surface area (Å²) in [4.78, 5) is 7.05. The molecule has 0 amide bonds. The van der Waals surface area contributed by atoms with Crippen LogP contribution in [0.3, 0.4) is 0 Å². The second-order valence-electron chi connectivity index (χ2n) is 5.36. The van der Waals surface area contributed by atoms with Gasteiger partial charge in [0.2, 0.25) is 0 Å². The zero-order valence-electron chi connectivity index (χ0n) is 15.8. The molecule has 0 heterocycles. The predicted molar refractivity (Wildman–Crippen MR) is 118 cm³/mol. The number of halogens is 1. The van der Waals surface area contributed by atoms with Crippen molar-refractivity contribution in [1.29, 1.82) is 0 Å². The van der Waals surface area contributed by atoms with Gasteiger partial charge in [0, 0.05) is 25.2 Å². The Balaban J connectivity index is 0.00000576. The number of rotatable bonds is 11. The fourth-order valence-electron chi connectivity index (χ4n) is 2.30. The van der Waals surface area contributed by atoms with Gasteiger partial charge in [0.15, 0.2) is 5.96 Å². The van der Waals surface area contributed by atoms with E-state index in [1.54, 1.807) is 6.08 Å². The molecule has 0 aromatic heterocycles. The summed E-state index contributed by atoms with van der Waals surface area (Å²) < 4.78 is 5.69. The summed E-state index contributed by atoms with van der Waals surface area (Å²) in [7, 11) is 0. The molecule has 0 radical (unpaired) electrons. The van der Waals surface area contributed by atoms with E-state index in [-0.39, 0.29) is 24.0 Å². The van der Waals surface area contributed by atoms with Crippen molar-refractivity contribution in [2.24, 2.45) is 4.99 Å². The first kappa shape index (κ1) is 23.7. The number of nitrogens with one attached hydrogen (secondary N) is 2. The lowest BCUT2D eigenvalue weighted by Gasteiger charge is -2.19. The molecule has 2 N–H and O–H groups in total. The van der Waals surface area contributed by atoms with Crippen molar-refractivity contribution in [3.05, 3.63) is 42.5 Å². The van der Waals surface area contributed by atoms with E-state index >= 15 is 0 Å². The third-order valence-electron chi connectivity index (χ3n) is 3.70. The van der Waals surface area contributed by atoms with Crippen molar-refractivity contribution in [1.82, 2.24) is 15.5 Å². The van der Waals surface area contributed by atoms with Gasteiger partial charge in [-0.05, 0) is 26.1 Å². The van der Waals surface area contributed by atoms with Crippen LogP contribution in [0.25, 0.3) is 0 Å². The summed E-state index contributed by atoms with van der Waals surface area (Å²) in [5, 5.41) is 6.68. The molecule has 0 saturated heterocycles. The molecule has 0 aliphatic heterocycles. The van der Waals surface area contributed by atoms with Crippen LogP contribution in [0.4, 0.5) is 0 Å². The van der Waals surface area contributed by atoms with Gasteiger partial charge in [-0.1, -0.05) is 44.7 Å². The van der Waals surface area contributed by atoms with E-state index < -0.39 is 0 Å². The van der Waals surface area contributed by atoms with E-state index in [4.69, 9.17) is 4.74 Å². The van der Waals surface area contributed by atoms with Crippen LogP contribution < -0.4 is 15.4 Å². The van der Waals surface area contributed by atoms with E-state index in [0.717, 1.165) is 50.0 Å². The summed E-state index contributed by atoms with van der Waals surface area (Å²) in [6.07, 6.45) is 1.75. The third kappa shape index (κ3) is 9.69. The van der Waals surface area contributed by atoms with Gasteiger partial charge in [0.25, 0.3) is 0 Å². The molecule has 0 aliphatic carbocycles. The quantitative estimate of drug-likeness (QED) is 0.230. The van der Waals surface area contributed by atoms with Crippen LogP contribution in [0.15, 0.2) is 41.9 Å². The fraction of sp³-hybridized carbons (Fsp3) is 0.526. The minimum absolute atomic E-state index is 0. The van der Waals surface area contributed by atoms with Crippen molar-refractivity contribution in [3.63, 3.8) is 0 Å². The van der Waals surface area contributed by atoms with Crippen LogP contribution in [0.2, 0.25) is 0 Å². The topological polar surface area (TPSA) is 48.9 Å². The van der Waals surface area contributed by atoms with Gasteiger partial charge in [-0.2, -0.15) is 0 Å². The molecule has 0 spiro atoms. The Morgan fingerprint density at radius 3 is 2.56 bits per heavy atom. The second kappa shape index (κ2) is 15.0. The van der Waals surface area contributed by atoms with Crippen molar-refractivity contribution in [2.75, 3.05) is 39.3 Å². The van der Waals surface area contributed by atoms with Crippen LogP contribution in [-0.2, 0) is 6.54 Å². The lowest BCUT2D eigenvalue weighted by Crippen LogP contribution is -2.41. The van der Waals surface area contributed by atoms with E-state index in [0.29, 0.717) is 13.2 Å². The van der Waals surface area contributed by atoms with Crippen LogP contribution in [0.5, 0.6) is 5.75 Å². The summed E-state index contributed by atoms with van der Waals surface area (Å²) in [5.41, 5.74) is 1.07. The lowest BCUT2D eigenvalue weighted by molar-refractivity contribution is 0.308. The largest absolute Gasteiger partial charge is 0.489 e. The van der Waals surface area contributed by atoms with E-state index in [1.165, 1.54) is 0 Å². The zero-order chi connectivity index (χ0) is 17.6. The fourth-order valence-corrected chi connectivity index (χ4v) is 2.30. The van der Waals surface area contributed by atoms with Crippen LogP contribution >= 0.6 is 24.0 Å². The minimum Gasteiger partial charge on any atom is -0.489 e. The number of aliphatic imine (C=N–C) groups is 1. The van der Waals surface area contributed by atoms with Gasteiger partial charge in [-0.3, -0.25) is 0 Å². The maximum absolute atomic E-state index is 5.69. The van der Waals surface area contributed by atoms with Gasteiger partial charge in [0.1, 0.15) is 12.4 Å². The molecular weight excluding hydrogens is 427 g/mol. The average molecular weight is 460 g/mol. The Morgan fingerprint density at radius 2 is 1.92 bits per heavy atom. The first-order chi connectivity index (χ1) is 11.7. The molecule has 142 valence electrons. The molecular formula is C19H33IN4O. The predicted octanol–water partition coefficient (Wildman–Crippen LogP) is 3.27. The average Bonchev–Trinajstić information content (AvgIpc) is 2.62. The molecule has 0 fully saturated rings. The summed E-state index contributed by atoms with van der Waals surface area (Å²) >= 11 is 0. The summed E-state index contributed by atoms with van der Waals surface area (Å²) in [6.45, 7) is 16.1. The molecule has 0 aliphatic rings. The maximum Gasteiger partial charge on any atom is 0.191 e.